The van der Waals surface area contributed by atoms with Crippen molar-refractivity contribution >= 4 is 42.6 Å². The summed E-state index contributed by atoms with van der Waals surface area (Å²) in [4.78, 5) is 24.5. The van der Waals surface area contributed by atoms with Crippen LogP contribution in [0.3, 0.4) is 0 Å². The first-order chi connectivity index (χ1) is 19.2. The summed E-state index contributed by atoms with van der Waals surface area (Å²) in [6.45, 7) is 6.27. The number of fused-ring (bicyclic) bond motifs is 1. The van der Waals surface area contributed by atoms with Crippen LogP contribution in [0.4, 0.5) is 5.13 Å². The molecule has 0 radical (unpaired) electrons. The van der Waals surface area contributed by atoms with Gasteiger partial charge in [0.2, 0.25) is 10.0 Å². The Bertz CT molecular complexity index is 1720. The number of amides is 1. The van der Waals surface area contributed by atoms with Crippen LogP contribution in [-0.4, -0.2) is 34.6 Å². The average molecular weight is 571 g/mol. The topological polar surface area (TPSA) is 83.5 Å². The Balaban J connectivity index is 1.45. The van der Waals surface area contributed by atoms with Crippen LogP contribution in [0, 0.1) is 6.92 Å². The monoisotopic (exact) mass is 570 g/mol. The first-order valence-corrected chi connectivity index (χ1v) is 15.2. The van der Waals surface area contributed by atoms with Gasteiger partial charge in [0.1, 0.15) is 0 Å². The highest BCUT2D eigenvalue weighted by molar-refractivity contribution is 7.89. The molecule has 5 rings (SSSR count). The first kappa shape index (κ1) is 27.6. The third-order valence-electron chi connectivity index (χ3n) is 6.54. The molecule has 204 valence electrons. The summed E-state index contributed by atoms with van der Waals surface area (Å²) < 4.78 is 29.7. The normalized spacial score (nSPS) is 11.8. The number of nitrogens with zero attached hydrogens (tertiary/aromatic N) is 4. The van der Waals surface area contributed by atoms with Gasteiger partial charge >= 0.3 is 0 Å². The van der Waals surface area contributed by atoms with Gasteiger partial charge in [-0.1, -0.05) is 53.8 Å². The summed E-state index contributed by atoms with van der Waals surface area (Å²) in [5.74, 6) is -0.270. The maximum atomic E-state index is 13.8. The van der Waals surface area contributed by atoms with Crippen molar-refractivity contribution in [3.63, 3.8) is 0 Å². The molecule has 0 saturated heterocycles. The van der Waals surface area contributed by atoms with Crippen LogP contribution in [0.15, 0.2) is 102 Å². The third-order valence-corrected chi connectivity index (χ3v) is 9.61. The van der Waals surface area contributed by atoms with E-state index in [0.717, 1.165) is 26.9 Å². The highest BCUT2D eigenvalue weighted by Gasteiger charge is 2.28. The van der Waals surface area contributed by atoms with Crippen LogP contribution >= 0.6 is 11.3 Å². The van der Waals surface area contributed by atoms with E-state index in [-0.39, 0.29) is 29.9 Å². The fraction of sp³-hybridized carbons (Fsp3) is 0.194. The number of benzene rings is 3. The summed E-state index contributed by atoms with van der Waals surface area (Å²) >= 11 is 1.45. The van der Waals surface area contributed by atoms with E-state index in [0.29, 0.717) is 10.7 Å². The van der Waals surface area contributed by atoms with Gasteiger partial charge in [-0.25, -0.2) is 13.4 Å². The van der Waals surface area contributed by atoms with Crippen LogP contribution in [-0.2, 0) is 23.1 Å². The lowest BCUT2D eigenvalue weighted by Crippen LogP contribution is -2.36. The van der Waals surface area contributed by atoms with Crippen LogP contribution in [0.5, 0.6) is 0 Å². The van der Waals surface area contributed by atoms with E-state index >= 15 is 0 Å². The molecule has 1 amide bonds. The molecular formula is C31H30N4O3S2. The van der Waals surface area contributed by atoms with Crippen molar-refractivity contribution in [1.82, 2.24) is 14.3 Å². The molecule has 0 N–H and O–H groups in total. The molecule has 0 saturated carbocycles. The van der Waals surface area contributed by atoms with Gasteiger partial charge in [-0.3, -0.25) is 14.7 Å². The van der Waals surface area contributed by atoms with Crippen LogP contribution in [0.25, 0.3) is 10.2 Å². The van der Waals surface area contributed by atoms with Crippen molar-refractivity contribution in [3.8, 4) is 0 Å². The lowest BCUT2D eigenvalue weighted by molar-refractivity contribution is 0.0985. The van der Waals surface area contributed by atoms with Crippen molar-refractivity contribution in [3.05, 3.63) is 120 Å². The molecular weight excluding hydrogens is 541 g/mol. The lowest BCUT2D eigenvalue weighted by atomic mass is 10.2. The van der Waals surface area contributed by atoms with Gasteiger partial charge < -0.3 is 0 Å². The molecule has 2 heterocycles. The number of aryl methyl sites for hydroxylation is 1. The van der Waals surface area contributed by atoms with Crippen molar-refractivity contribution in [1.29, 1.82) is 0 Å². The highest BCUT2D eigenvalue weighted by Crippen LogP contribution is 2.32. The van der Waals surface area contributed by atoms with Gasteiger partial charge in [0, 0.05) is 30.5 Å². The van der Waals surface area contributed by atoms with Crippen LogP contribution < -0.4 is 4.90 Å². The van der Waals surface area contributed by atoms with Gasteiger partial charge in [-0.05, 0) is 79.9 Å². The fourth-order valence-electron chi connectivity index (χ4n) is 4.40. The number of rotatable bonds is 9. The van der Waals surface area contributed by atoms with Gasteiger partial charge in [0.05, 0.1) is 21.7 Å². The second-order valence-electron chi connectivity index (χ2n) is 9.87. The number of sulfonamides is 1. The molecule has 9 heteroatoms. The Labute approximate surface area is 238 Å². The highest BCUT2D eigenvalue weighted by atomic mass is 32.2. The van der Waals surface area contributed by atoms with E-state index in [1.165, 1.54) is 27.8 Å². The number of carbonyl (C=O) groups excluding carboxylic acids is 1. The number of thiazole rings is 1. The standard InChI is InChI=1S/C31H30N4O3S2/c1-22(2)35(21-24-8-5-4-6-9-24)40(37,38)27-14-12-26(13-15-27)30(36)34(20-25-10-7-17-32-19-25)31-33-28-16-11-23(3)18-29(28)39-31/h4-19,22H,20-21H2,1-3H3. The second-order valence-corrected chi connectivity index (χ2v) is 12.8. The largest absolute Gasteiger partial charge is 0.279 e. The Morgan fingerprint density at radius 2 is 1.62 bits per heavy atom. The third kappa shape index (κ3) is 5.96. The minimum Gasteiger partial charge on any atom is -0.279 e. The zero-order chi connectivity index (χ0) is 28.3. The molecule has 40 heavy (non-hydrogen) atoms. The molecule has 0 fully saturated rings. The second kappa shape index (κ2) is 11.7. The van der Waals surface area contributed by atoms with Gasteiger partial charge in [0.15, 0.2) is 5.13 Å². The zero-order valence-electron chi connectivity index (χ0n) is 22.6. The summed E-state index contributed by atoms with van der Waals surface area (Å²) in [6.07, 6.45) is 3.41. The molecule has 0 unspecified atom stereocenters. The van der Waals surface area contributed by atoms with E-state index in [1.807, 2.05) is 75.4 Å². The van der Waals surface area contributed by atoms with Crippen molar-refractivity contribution in [2.75, 3.05) is 4.90 Å². The Kier molecular flexibility index (Phi) is 8.07. The Hall–Kier alpha value is -3.92. The molecule has 0 aliphatic carbocycles. The number of anilines is 1. The Morgan fingerprint density at radius 3 is 2.30 bits per heavy atom. The fourth-order valence-corrected chi connectivity index (χ4v) is 7.09. The molecule has 0 aliphatic heterocycles. The summed E-state index contributed by atoms with van der Waals surface area (Å²) in [6, 6.07) is 25.2. The maximum Gasteiger partial charge on any atom is 0.260 e. The molecule has 2 aromatic heterocycles. The molecule has 7 nitrogen and oxygen atoms in total. The van der Waals surface area contributed by atoms with E-state index in [2.05, 4.69) is 11.1 Å². The molecule has 0 spiro atoms. The summed E-state index contributed by atoms with van der Waals surface area (Å²) in [7, 11) is -3.79. The lowest BCUT2D eigenvalue weighted by Gasteiger charge is -2.26. The summed E-state index contributed by atoms with van der Waals surface area (Å²) in [5.41, 5.74) is 4.08. The predicted octanol–water partition coefficient (Wildman–Crippen LogP) is 6.45. The van der Waals surface area contributed by atoms with E-state index in [4.69, 9.17) is 4.98 Å². The number of carbonyl (C=O) groups is 1. The van der Waals surface area contributed by atoms with E-state index in [9.17, 15) is 13.2 Å². The number of aromatic nitrogens is 2. The van der Waals surface area contributed by atoms with E-state index < -0.39 is 10.0 Å². The number of hydrogen-bond donors (Lipinski definition) is 0. The number of hydrogen-bond acceptors (Lipinski definition) is 6. The molecule has 0 aliphatic rings. The SMILES string of the molecule is Cc1ccc2nc(N(Cc3cccnc3)C(=O)c3ccc(S(=O)(=O)N(Cc4ccccc4)C(C)C)cc3)sc2c1. The molecule has 3 aromatic carbocycles. The molecule has 5 aromatic rings. The van der Waals surface area contributed by atoms with Gasteiger partial charge in [-0.2, -0.15) is 4.31 Å². The smallest absolute Gasteiger partial charge is 0.260 e. The summed E-state index contributed by atoms with van der Waals surface area (Å²) in [5, 5.41) is 0.569. The van der Waals surface area contributed by atoms with Crippen molar-refractivity contribution in [2.45, 2.75) is 44.8 Å². The first-order valence-electron chi connectivity index (χ1n) is 13.0. The zero-order valence-corrected chi connectivity index (χ0v) is 24.2. The predicted molar refractivity (Wildman–Crippen MR) is 160 cm³/mol. The minimum absolute atomic E-state index is 0.142. The van der Waals surface area contributed by atoms with Gasteiger partial charge in [-0.15, -0.1) is 0 Å². The Morgan fingerprint density at radius 1 is 0.900 bits per heavy atom. The van der Waals surface area contributed by atoms with Crippen molar-refractivity contribution in [2.24, 2.45) is 0 Å². The molecule has 0 bridgehead atoms. The average Bonchev–Trinajstić information content (AvgIpc) is 3.38. The van der Waals surface area contributed by atoms with E-state index in [1.54, 1.807) is 29.4 Å². The minimum atomic E-state index is -3.79. The van der Waals surface area contributed by atoms with Crippen LogP contribution in [0.2, 0.25) is 0 Å². The molecule has 0 atom stereocenters. The quantitative estimate of drug-likeness (QED) is 0.204. The van der Waals surface area contributed by atoms with Crippen LogP contribution in [0.1, 0.15) is 40.9 Å². The maximum absolute atomic E-state index is 13.8. The number of pyridine rings is 1. The van der Waals surface area contributed by atoms with Crippen molar-refractivity contribution < 1.29 is 13.2 Å². The van der Waals surface area contributed by atoms with Gasteiger partial charge in [0.25, 0.3) is 5.91 Å².